The molecule has 0 radical (unpaired) electrons. The minimum atomic E-state index is -0.0749. The molecule has 24 heavy (non-hydrogen) atoms. The third kappa shape index (κ3) is 4.56. The van der Waals surface area contributed by atoms with Crippen molar-refractivity contribution in [2.45, 2.75) is 24.3 Å². The molecule has 0 fully saturated rings. The van der Waals surface area contributed by atoms with Gasteiger partial charge in [-0.3, -0.25) is 4.79 Å². The molecule has 0 aliphatic rings. The number of anilines is 2. The zero-order valence-electron chi connectivity index (χ0n) is 12.9. The van der Waals surface area contributed by atoms with Crippen LogP contribution in [0.1, 0.15) is 16.3 Å². The lowest BCUT2D eigenvalue weighted by Gasteiger charge is -2.04. The van der Waals surface area contributed by atoms with E-state index in [0.717, 1.165) is 22.0 Å². The molecular weight excluding hydrogens is 344 g/mol. The zero-order chi connectivity index (χ0) is 16.9. The Hall–Kier alpha value is -2.39. The number of nitrogen functional groups attached to an aromatic ring is 1. The van der Waals surface area contributed by atoms with Crippen molar-refractivity contribution in [2.24, 2.45) is 0 Å². The predicted molar refractivity (Wildman–Crippen MR) is 96.0 cm³/mol. The van der Waals surface area contributed by atoms with Gasteiger partial charge in [-0.25, -0.2) is 10.1 Å². The van der Waals surface area contributed by atoms with Crippen LogP contribution in [0.5, 0.6) is 0 Å². The molecule has 0 unspecified atom stereocenters. The number of carbonyl (C=O) groups is 1. The second kappa shape index (κ2) is 7.45. The van der Waals surface area contributed by atoms with E-state index in [1.807, 2.05) is 36.6 Å². The molecule has 1 amide bonds. The Morgan fingerprint density at radius 3 is 2.83 bits per heavy atom. The minimum Gasteiger partial charge on any atom is -0.368 e. The summed E-state index contributed by atoms with van der Waals surface area (Å²) >= 11 is 2.91. The summed E-state index contributed by atoms with van der Waals surface area (Å²) < 4.78 is 0. The summed E-state index contributed by atoms with van der Waals surface area (Å²) in [6.07, 6.45) is 0.261. The van der Waals surface area contributed by atoms with E-state index in [9.17, 15) is 4.79 Å². The van der Waals surface area contributed by atoms with Crippen molar-refractivity contribution in [1.82, 2.24) is 20.2 Å². The number of hydrogen-bond donors (Lipinski definition) is 3. The van der Waals surface area contributed by atoms with Gasteiger partial charge in [0.15, 0.2) is 0 Å². The first-order chi connectivity index (χ1) is 11.6. The van der Waals surface area contributed by atoms with Crippen molar-refractivity contribution < 1.29 is 4.79 Å². The van der Waals surface area contributed by atoms with E-state index in [-0.39, 0.29) is 12.3 Å². The van der Waals surface area contributed by atoms with Crippen LogP contribution in [0.4, 0.5) is 11.6 Å². The molecule has 2 heterocycles. The molecule has 0 spiro atoms. The first kappa shape index (κ1) is 16.5. The molecule has 124 valence electrons. The van der Waals surface area contributed by atoms with Crippen molar-refractivity contribution in [3.05, 3.63) is 45.9 Å². The maximum atomic E-state index is 12.1. The Bertz CT molecular complexity index is 827. The van der Waals surface area contributed by atoms with Gasteiger partial charge >= 0.3 is 0 Å². The number of aryl methyl sites for hydroxylation is 1. The van der Waals surface area contributed by atoms with E-state index >= 15 is 0 Å². The van der Waals surface area contributed by atoms with E-state index in [1.165, 1.54) is 23.1 Å². The highest BCUT2D eigenvalue weighted by molar-refractivity contribution is 7.98. The van der Waals surface area contributed by atoms with E-state index in [0.29, 0.717) is 16.9 Å². The Kier molecular flexibility index (Phi) is 5.11. The number of thioether (sulfide) groups is 1. The fraction of sp³-hybridized carbons (Fsp3) is 0.200. The highest BCUT2D eigenvalue weighted by Crippen LogP contribution is 2.21. The smallest absolute Gasteiger partial charge is 0.231 e. The van der Waals surface area contributed by atoms with Gasteiger partial charge in [0.1, 0.15) is 5.01 Å². The quantitative estimate of drug-likeness (QED) is 0.583. The van der Waals surface area contributed by atoms with Gasteiger partial charge in [-0.05, 0) is 19.1 Å². The Labute approximate surface area is 147 Å². The van der Waals surface area contributed by atoms with E-state index in [1.54, 1.807) is 0 Å². The van der Waals surface area contributed by atoms with Crippen molar-refractivity contribution in [1.29, 1.82) is 0 Å². The highest BCUT2D eigenvalue weighted by atomic mass is 32.2. The average Bonchev–Trinajstić information content (AvgIpc) is 3.16. The van der Waals surface area contributed by atoms with Gasteiger partial charge in [0, 0.05) is 16.8 Å². The van der Waals surface area contributed by atoms with Crippen LogP contribution < -0.4 is 11.1 Å². The van der Waals surface area contributed by atoms with Crippen LogP contribution in [0.25, 0.3) is 0 Å². The number of thiazole rings is 1. The molecule has 3 aromatic rings. The molecule has 0 aliphatic carbocycles. The second-order valence-corrected chi connectivity index (χ2v) is 7.00. The number of aromatic amines is 1. The lowest BCUT2D eigenvalue weighted by atomic mass is 10.2. The summed E-state index contributed by atoms with van der Waals surface area (Å²) in [6.45, 7) is 2.01. The normalized spacial score (nSPS) is 10.7. The third-order valence-electron chi connectivity index (χ3n) is 3.08. The number of nitrogens with one attached hydrogen (secondary N) is 2. The van der Waals surface area contributed by atoms with Crippen LogP contribution >= 0.6 is 23.1 Å². The highest BCUT2D eigenvalue weighted by Gasteiger charge is 2.10. The molecule has 0 aliphatic heterocycles. The number of amides is 1. The van der Waals surface area contributed by atoms with Crippen molar-refractivity contribution in [2.75, 3.05) is 11.1 Å². The van der Waals surface area contributed by atoms with Crippen LogP contribution in [-0.4, -0.2) is 26.1 Å². The summed E-state index contributed by atoms with van der Waals surface area (Å²) in [5.74, 6) is 0.853. The molecule has 3 rings (SSSR count). The monoisotopic (exact) mass is 360 g/mol. The van der Waals surface area contributed by atoms with Crippen LogP contribution in [0.2, 0.25) is 0 Å². The van der Waals surface area contributed by atoms with Crippen molar-refractivity contribution in [3.63, 3.8) is 0 Å². The summed E-state index contributed by atoms with van der Waals surface area (Å²) in [7, 11) is 0. The van der Waals surface area contributed by atoms with Crippen molar-refractivity contribution in [3.8, 4) is 0 Å². The van der Waals surface area contributed by atoms with E-state index in [4.69, 9.17) is 5.73 Å². The van der Waals surface area contributed by atoms with Crippen LogP contribution in [0, 0.1) is 6.92 Å². The lowest BCUT2D eigenvalue weighted by Crippen LogP contribution is -2.14. The van der Waals surface area contributed by atoms with Gasteiger partial charge in [0.2, 0.25) is 17.0 Å². The maximum absolute atomic E-state index is 12.1. The molecule has 2 aromatic heterocycles. The number of aromatic nitrogens is 4. The average molecular weight is 360 g/mol. The second-order valence-electron chi connectivity index (χ2n) is 5.12. The van der Waals surface area contributed by atoms with Gasteiger partial charge in [0.05, 0.1) is 12.1 Å². The Morgan fingerprint density at radius 1 is 1.33 bits per heavy atom. The molecule has 0 atom stereocenters. The first-order valence-corrected chi connectivity index (χ1v) is 9.05. The zero-order valence-corrected chi connectivity index (χ0v) is 14.6. The van der Waals surface area contributed by atoms with E-state index < -0.39 is 0 Å². The molecule has 4 N–H and O–H groups in total. The topological polar surface area (TPSA) is 110 Å². The summed E-state index contributed by atoms with van der Waals surface area (Å²) in [5.41, 5.74) is 8.32. The Balaban J connectivity index is 1.51. The number of rotatable bonds is 6. The van der Waals surface area contributed by atoms with Crippen LogP contribution in [0.3, 0.4) is 0 Å². The number of benzene rings is 1. The number of nitrogens with two attached hydrogens (primary N) is 1. The van der Waals surface area contributed by atoms with Crippen LogP contribution in [0.15, 0.2) is 34.8 Å². The molecule has 0 saturated carbocycles. The maximum Gasteiger partial charge on any atom is 0.231 e. The molecular formula is C15H16N6OS2. The lowest BCUT2D eigenvalue weighted by molar-refractivity contribution is -0.115. The summed E-state index contributed by atoms with van der Waals surface area (Å²) in [4.78, 5) is 20.6. The van der Waals surface area contributed by atoms with Gasteiger partial charge in [-0.15, -0.1) is 16.4 Å². The predicted octanol–water partition coefficient (Wildman–Crippen LogP) is 2.63. The van der Waals surface area contributed by atoms with Crippen LogP contribution in [-0.2, 0) is 17.0 Å². The number of carbonyl (C=O) groups excluding carboxylic acids is 1. The minimum absolute atomic E-state index is 0.0749. The first-order valence-electron chi connectivity index (χ1n) is 7.19. The van der Waals surface area contributed by atoms with Gasteiger partial charge in [0.25, 0.3) is 0 Å². The van der Waals surface area contributed by atoms with Gasteiger partial charge in [-0.1, -0.05) is 29.5 Å². The molecule has 7 nitrogen and oxygen atoms in total. The third-order valence-corrected chi connectivity index (χ3v) is 4.86. The number of hydrogen-bond acceptors (Lipinski definition) is 7. The summed E-state index contributed by atoms with van der Waals surface area (Å²) in [5, 5.41) is 12.7. The number of nitrogens with zero attached hydrogens (tertiary/aromatic N) is 3. The molecule has 9 heteroatoms. The van der Waals surface area contributed by atoms with E-state index in [2.05, 4.69) is 25.5 Å². The molecule has 0 saturated heterocycles. The molecule has 1 aromatic carbocycles. The number of H-pyrrole nitrogens is 1. The van der Waals surface area contributed by atoms with Gasteiger partial charge < -0.3 is 11.1 Å². The molecule has 0 bridgehead atoms. The van der Waals surface area contributed by atoms with Gasteiger partial charge in [-0.2, -0.15) is 4.98 Å². The fourth-order valence-electron chi connectivity index (χ4n) is 1.94. The van der Waals surface area contributed by atoms with Crippen molar-refractivity contribution >= 4 is 40.6 Å². The SMILES string of the molecule is Cc1ccc(NC(=O)Cc2nc(CSc3n[nH]c(N)n3)cs2)cc1. The Morgan fingerprint density at radius 2 is 2.12 bits per heavy atom. The largest absolute Gasteiger partial charge is 0.368 e. The standard InChI is InChI=1S/C15H16N6OS2/c1-9-2-4-10(5-3-9)17-12(22)6-13-18-11(7-23-13)8-24-15-19-14(16)20-21-15/h2-5,7H,6,8H2,1H3,(H,17,22)(H3,16,19,20,21). The summed E-state index contributed by atoms with van der Waals surface area (Å²) in [6, 6.07) is 7.70. The fourth-order valence-corrected chi connectivity index (χ4v) is 3.53.